The quantitative estimate of drug-likeness (QED) is 0.731. The highest BCUT2D eigenvalue weighted by atomic mass is 16.5. The van der Waals surface area contributed by atoms with Gasteiger partial charge in [0, 0.05) is 5.56 Å². The molecule has 0 amide bonds. The van der Waals surface area contributed by atoms with E-state index in [9.17, 15) is 4.79 Å². The van der Waals surface area contributed by atoms with Crippen LogP contribution >= 0.6 is 0 Å². The zero-order chi connectivity index (χ0) is 12.8. The fourth-order valence-electron chi connectivity index (χ4n) is 1.74. The summed E-state index contributed by atoms with van der Waals surface area (Å²) in [5.74, 6) is 1.09. The van der Waals surface area contributed by atoms with Crippen LogP contribution in [0.3, 0.4) is 0 Å². The van der Waals surface area contributed by atoms with E-state index in [1.165, 1.54) is 0 Å². The van der Waals surface area contributed by atoms with Crippen molar-refractivity contribution in [2.45, 2.75) is 33.3 Å². The monoisotopic (exact) mass is 231 g/mol. The van der Waals surface area contributed by atoms with Gasteiger partial charge in [-0.2, -0.15) is 5.26 Å². The van der Waals surface area contributed by atoms with Crippen molar-refractivity contribution < 1.29 is 9.53 Å². The molecule has 0 aliphatic rings. The van der Waals surface area contributed by atoms with Crippen molar-refractivity contribution in [1.29, 1.82) is 5.26 Å². The molecule has 3 heteroatoms. The maximum Gasteiger partial charge on any atom is 0.150 e. The molecule has 0 bridgehead atoms. The van der Waals surface area contributed by atoms with Crippen molar-refractivity contribution in [3.05, 3.63) is 29.3 Å². The number of ether oxygens (including phenoxy) is 1. The van der Waals surface area contributed by atoms with Crippen LogP contribution in [0.25, 0.3) is 0 Å². The average molecular weight is 231 g/mol. The van der Waals surface area contributed by atoms with Gasteiger partial charge >= 0.3 is 0 Å². The molecule has 0 spiro atoms. The van der Waals surface area contributed by atoms with Crippen molar-refractivity contribution in [2.24, 2.45) is 5.92 Å². The molecule has 17 heavy (non-hydrogen) atoms. The summed E-state index contributed by atoms with van der Waals surface area (Å²) in [6, 6.07) is 6.93. The Hall–Kier alpha value is -1.82. The largest absolute Gasteiger partial charge is 0.489 e. The Bertz CT molecular complexity index is 432. The summed E-state index contributed by atoms with van der Waals surface area (Å²) in [5.41, 5.74) is 0.899. The third-order valence-electron chi connectivity index (χ3n) is 2.39. The number of nitriles is 1. The standard InChI is InChI=1S/C14H17NO2/c1-10(2)6-11(3)17-14-5-4-12(9-16)7-13(14)8-15/h4-5,7,9-11H,6H2,1-3H3. The third kappa shape index (κ3) is 3.92. The Morgan fingerprint density at radius 3 is 2.65 bits per heavy atom. The molecule has 1 atom stereocenters. The number of hydrogen-bond donors (Lipinski definition) is 0. The second-order valence-electron chi connectivity index (χ2n) is 4.54. The second kappa shape index (κ2) is 6.05. The zero-order valence-corrected chi connectivity index (χ0v) is 10.4. The van der Waals surface area contributed by atoms with E-state index < -0.39 is 0 Å². The fourth-order valence-corrected chi connectivity index (χ4v) is 1.74. The number of carbonyl (C=O) groups excluding carboxylic acids is 1. The minimum atomic E-state index is 0.0594. The molecule has 3 nitrogen and oxygen atoms in total. The number of hydrogen-bond acceptors (Lipinski definition) is 3. The molecular weight excluding hydrogens is 214 g/mol. The number of nitrogens with zero attached hydrogens (tertiary/aromatic N) is 1. The number of aldehydes is 1. The highest BCUT2D eigenvalue weighted by Crippen LogP contribution is 2.21. The minimum Gasteiger partial charge on any atom is -0.489 e. The molecule has 0 aliphatic carbocycles. The van der Waals surface area contributed by atoms with Crippen LogP contribution in [0.4, 0.5) is 0 Å². The van der Waals surface area contributed by atoms with Crippen molar-refractivity contribution in [3.63, 3.8) is 0 Å². The first-order valence-electron chi connectivity index (χ1n) is 5.72. The summed E-state index contributed by atoms with van der Waals surface area (Å²) in [5, 5.41) is 8.99. The molecule has 1 aromatic carbocycles. The van der Waals surface area contributed by atoms with Crippen LogP contribution in [0, 0.1) is 17.2 Å². The van der Waals surface area contributed by atoms with E-state index in [0.717, 1.165) is 12.7 Å². The molecular formula is C14H17NO2. The average Bonchev–Trinajstić information content (AvgIpc) is 2.28. The molecule has 0 saturated heterocycles. The van der Waals surface area contributed by atoms with E-state index in [2.05, 4.69) is 13.8 Å². The highest BCUT2D eigenvalue weighted by molar-refractivity contribution is 5.76. The highest BCUT2D eigenvalue weighted by Gasteiger charge is 2.10. The van der Waals surface area contributed by atoms with Crippen molar-refractivity contribution in [1.82, 2.24) is 0 Å². The van der Waals surface area contributed by atoms with Crippen molar-refractivity contribution in [3.8, 4) is 11.8 Å². The smallest absolute Gasteiger partial charge is 0.150 e. The van der Waals surface area contributed by atoms with Crippen LogP contribution in [0.1, 0.15) is 43.1 Å². The first-order chi connectivity index (χ1) is 8.06. The fraction of sp³-hybridized carbons (Fsp3) is 0.429. The lowest BCUT2D eigenvalue weighted by atomic mass is 10.1. The molecule has 0 saturated carbocycles. The molecule has 1 aromatic rings. The van der Waals surface area contributed by atoms with E-state index in [-0.39, 0.29) is 6.10 Å². The Kier molecular flexibility index (Phi) is 4.71. The molecule has 0 radical (unpaired) electrons. The molecule has 0 aliphatic heterocycles. The van der Waals surface area contributed by atoms with Crippen LogP contribution < -0.4 is 4.74 Å². The van der Waals surface area contributed by atoms with Crippen LogP contribution in [0.5, 0.6) is 5.75 Å². The van der Waals surface area contributed by atoms with Gasteiger partial charge in [0.2, 0.25) is 0 Å². The van der Waals surface area contributed by atoms with E-state index in [4.69, 9.17) is 10.00 Å². The zero-order valence-electron chi connectivity index (χ0n) is 10.4. The minimum absolute atomic E-state index is 0.0594. The van der Waals surface area contributed by atoms with Crippen molar-refractivity contribution >= 4 is 6.29 Å². The summed E-state index contributed by atoms with van der Waals surface area (Å²) >= 11 is 0. The van der Waals surface area contributed by atoms with Gasteiger partial charge in [-0.25, -0.2) is 0 Å². The van der Waals surface area contributed by atoms with E-state index in [1.807, 2.05) is 13.0 Å². The van der Waals surface area contributed by atoms with Gasteiger partial charge in [0.15, 0.2) is 0 Å². The maximum atomic E-state index is 10.6. The molecule has 1 unspecified atom stereocenters. The molecule has 0 N–H and O–H groups in total. The van der Waals surface area contributed by atoms with E-state index >= 15 is 0 Å². The van der Waals surface area contributed by atoms with Gasteiger partial charge in [-0.05, 0) is 37.5 Å². The van der Waals surface area contributed by atoms with Gasteiger partial charge in [-0.15, -0.1) is 0 Å². The maximum absolute atomic E-state index is 10.6. The Morgan fingerprint density at radius 2 is 2.12 bits per heavy atom. The second-order valence-corrected chi connectivity index (χ2v) is 4.54. The van der Waals surface area contributed by atoms with Crippen LogP contribution in [0.2, 0.25) is 0 Å². The molecule has 0 fully saturated rings. The molecule has 0 aromatic heterocycles. The molecule has 1 rings (SSSR count). The van der Waals surface area contributed by atoms with Gasteiger partial charge in [0.1, 0.15) is 18.1 Å². The van der Waals surface area contributed by atoms with Crippen LogP contribution in [-0.4, -0.2) is 12.4 Å². The molecule has 90 valence electrons. The summed E-state index contributed by atoms with van der Waals surface area (Å²) in [6.45, 7) is 6.23. The van der Waals surface area contributed by atoms with Gasteiger partial charge in [-0.1, -0.05) is 13.8 Å². The predicted molar refractivity (Wildman–Crippen MR) is 66.1 cm³/mol. The number of benzene rings is 1. The van der Waals surface area contributed by atoms with E-state index in [0.29, 0.717) is 22.8 Å². The lowest BCUT2D eigenvalue weighted by molar-refractivity contribution is 0.112. The summed E-state index contributed by atoms with van der Waals surface area (Å²) < 4.78 is 5.71. The Balaban J connectivity index is 2.84. The molecule has 0 heterocycles. The van der Waals surface area contributed by atoms with Crippen LogP contribution in [-0.2, 0) is 0 Å². The number of rotatable bonds is 5. The Labute approximate surface area is 102 Å². The lowest BCUT2D eigenvalue weighted by Gasteiger charge is -2.17. The SMILES string of the molecule is CC(C)CC(C)Oc1ccc(C=O)cc1C#N. The lowest BCUT2D eigenvalue weighted by Crippen LogP contribution is -2.15. The topological polar surface area (TPSA) is 50.1 Å². The van der Waals surface area contributed by atoms with Crippen molar-refractivity contribution in [2.75, 3.05) is 0 Å². The summed E-state index contributed by atoms with van der Waals surface area (Å²) in [4.78, 5) is 10.6. The number of carbonyl (C=O) groups is 1. The van der Waals surface area contributed by atoms with Crippen LogP contribution in [0.15, 0.2) is 18.2 Å². The predicted octanol–water partition coefficient (Wildman–Crippen LogP) is 3.18. The first kappa shape index (κ1) is 13.2. The van der Waals surface area contributed by atoms with Gasteiger partial charge in [-0.3, -0.25) is 4.79 Å². The normalized spacial score (nSPS) is 11.9. The van der Waals surface area contributed by atoms with Gasteiger partial charge < -0.3 is 4.74 Å². The Morgan fingerprint density at radius 1 is 1.41 bits per heavy atom. The van der Waals surface area contributed by atoms with Gasteiger partial charge in [0.25, 0.3) is 0 Å². The summed E-state index contributed by atoms with van der Waals surface area (Å²) in [7, 11) is 0. The third-order valence-corrected chi connectivity index (χ3v) is 2.39. The summed E-state index contributed by atoms with van der Waals surface area (Å²) in [6.07, 6.45) is 1.71. The van der Waals surface area contributed by atoms with Gasteiger partial charge in [0.05, 0.1) is 11.7 Å². The van der Waals surface area contributed by atoms with E-state index in [1.54, 1.807) is 18.2 Å². The first-order valence-corrected chi connectivity index (χ1v) is 5.72.